The Hall–Kier alpha value is -2.86. The first-order valence-corrected chi connectivity index (χ1v) is 19.3. The van der Waals surface area contributed by atoms with Crippen molar-refractivity contribution in [3.05, 3.63) is 93.5 Å². The largest absolute Gasteiger partial charge is 0.441 e. The highest BCUT2D eigenvalue weighted by Gasteiger charge is 2.52. The van der Waals surface area contributed by atoms with Gasteiger partial charge in [-0.3, -0.25) is 4.79 Å². The van der Waals surface area contributed by atoms with Crippen molar-refractivity contribution >= 4 is 57.4 Å². The molecule has 1 fully saturated rings. The van der Waals surface area contributed by atoms with Gasteiger partial charge in [-0.2, -0.15) is 0 Å². The molecule has 10 heteroatoms. The number of amides is 1. The van der Waals surface area contributed by atoms with Crippen molar-refractivity contribution in [1.82, 2.24) is 5.32 Å². The topological polar surface area (TPSA) is 80.3 Å². The molecule has 1 amide bonds. The molecule has 2 aliphatic heterocycles. The van der Waals surface area contributed by atoms with Gasteiger partial charge in [0, 0.05) is 72.3 Å². The fourth-order valence-electron chi connectivity index (χ4n) is 6.91. The summed E-state index contributed by atoms with van der Waals surface area (Å²) in [6.45, 7) is 7.64. The Balaban J connectivity index is 1.20. The predicted molar refractivity (Wildman–Crippen MR) is 199 cm³/mol. The SMILES string of the molecule is CCN(CI)c1ccc2c(c1)Cc1cc(N3CCC3)ccc1C21OC(=O)c2ccc(C(=O)NCCOCCOCCCCCCCl)cc21. The number of carbonyl (C=O) groups excluding carboxylic acids is 2. The van der Waals surface area contributed by atoms with E-state index in [0.29, 0.717) is 48.9 Å². The van der Waals surface area contributed by atoms with E-state index in [-0.39, 0.29) is 11.9 Å². The number of rotatable bonds is 17. The Morgan fingerprint density at radius 2 is 1.69 bits per heavy atom. The van der Waals surface area contributed by atoms with Gasteiger partial charge in [0.05, 0.1) is 29.9 Å². The van der Waals surface area contributed by atoms with Gasteiger partial charge in [0.1, 0.15) is 0 Å². The number of nitrogens with one attached hydrogen (secondary N) is 1. The van der Waals surface area contributed by atoms with Crippen molar-refractivity contribution in [2.45, 2.75) is 51.0 Å². The van der Waals surface area contributed by atoms with E-state index in [1.165, 1.54) is 12.1 Å². The maximum absolute atomic E-state index is 13.6. The minimum absolute atomic E-state index is 0.218. The summed E-state index contributed by atoms with van der Waals surface area (Å²) in [7, 11) is 0. The Morgan fingerprint density at radius 3 is 2.42 bits per heavy atom. The Labute approximate surface area is 302 Å². The van der Waals surface area contributed by atoms with E-state index in [4.69, 9.17) is 25.8 Å². The average molecular weight is 786 g/mol. The van der Waals surface area contributed by atoms with Crippen molar-refractivity contribution in [3.8, 4) is 0 Å². The number of nitrogens with zero attached hydrogens (tertiary/aromatic N) is 2. The third-order valence-electron chi connectivity index (χ3n) is 9.63. The molecule has 3 aromatic carbocycles. The van der Waals surface area contributed by atoms with Crippen LogP contribution in [0.5, 0.6) is 0 Å². The number of esters is 1. The van der Waals surface area contributed by atoms with Crippen LogP contribution in [0.25, 0.3) is 0 Å². The lowest BCUT2D eigenvalue weighted by atomic mass is 9.70. The molecule has 1 unspecified atom stereocenters. The van der Waals surface area contributed by atoms with Gasteiger partial charge < -0.3 is 29.3 Å². The molecule has 3 aromatic rings. The molecule has 0 saturated carbocycles. The first-order valence-electron chi connectivity index (χ1n) is 17.2. The Bertz CT molecular complexity index is 1610. The lowest BCUT2D eigenvalue weighted by molar-refractivity contribution is 0.0241. The summed E-state index contributed by atoms with van der Waals surface area (Å²) < 4.78 is 18.7. The van der Waals surface area contributed by atoms with Crippen LogP contribution < -0.4 is 15.1 Å². The molecule has 0 bridgehead atoms. The number of hydrogen-bond acceptors (Lipinski definition) is 7. The van der Waals surface area contributed by atoms with Crippen LogP contribution in [-0.4, -0.2) is 74.9 Å². The minimum Gasteiger partial charge on any atom is -0.441 e. The number of halogens is 2. The van der Waals surface area contributed by atoms with Crippen LogP contribution in [-0.2, 0) is 26.2 Å². The maximum atomic E-state index is 13.6. The number of ether oxygens (including phenoxy) is 3. The highest BCUT2D eigenvalue weighted by Crippen LogP contribution is 2.53. The normalized spacial score (nSPS) is 17.4. The standard InChI is InChI=1S/C38H45ClIN3O5/c1-2-42(26-40)30-9-12-33-28(23-30)22-29-24-31(43-16-7-17-43)10-13-34(29)38(33)35-25-27(8-11-32(35)37(45)48-38)36(44)41-15-19-47-21-20-46-18-6-4-3-5-14-39/h8-13,23-25H,2-7,14-22,26H2,1H3,(H,41,44). The lowest BCUT2D eigenvalue weighted by Gasteiger charge is -2.39. The fraction of sp³-hybridized carbons (Fsp3) is 0.474. The predicted octanol–water partition coefficient (Wildman–Crippen LogP) is 7.04. The number of anilines is 2. The van der Waals surface area contributed by atoms with E-state index in [0.717, 1.165) is 90.8 Å². The lowest BCUT2D eigenvalue weighted by Crippen LogP contribution is -2.38. The number of hydrogen-bond donors (Lipinski definition) is 1. The van der Waals surface area contributed by atoms with Gasteiger partial charge in [0.15, 0.2) is 5.60 Å². The van der Waals surface area contributed by atoms with E-state index in [1.54, 1.807) is 12.1 Å². The summed E-state index contributed by atoms with van der Waals surface area (Å²) in [5, 5.41) is 2.97. The molecule has 1 spiro atoms. The van der Waals surface area contributed by atoms with E-state index >= 15 is 0 Å². The molecule has 6 rings (SSSR count). The zero-order valence-electron chi connectivity index (χ0n) is 27.7. The fourth-order valence-corrected chi connectivity index (χ4v) is 7.98. The van der Waals surface area contributed by atoms with Crippen LogP contribution in [0.1, 0.15) is 87.6 Å². The summed E-state index contributed by atoms with van der Waals surface area (Å²) >= 11 is 8.11. The molecular formula is C38H45ClIN3O5. The van der Waals surface area contributed by atoms with Crippen LogP contribution in [0.4, 0.5) is 11.4 Å². The molecule has 1 saturated heterocycles. The van der Waals surface area contributed by atoms with E-state index in [1.807, 2.05) is 6.07 Å². The molecule has 2 heterocycles. The molecule has 0 radical (unpaired) electrons. The number of alkyl halides is 2. The molecular weight excluding hydrogens is 741 g/mol. The van der Waals surface area contributed by atoms with Gasteiger partial charge in [-0.25, -0.2) is 4.79 Å². The summed E-state index contributed by atoms with van der Waals surface area (Å²) in [5.74, 6) is 0.122. The molecule has 8 nitrogen and oxygen atoms in total. The second kappa shape index (κ2) is 16.2. The molecule has 48 heavy (non-hydrogen) atoms. The van der Waals surface area contributed by atoms with E-state index < -0.39 is 5.60 Å². The smallest absolute Gasteiger partial charge is 0.340 e. The third-order valence-corrected chi connectivity index (χ3v) is 10.7. The zero-order valence-corrected chi connectivity index (χ0v) is 30.6. The van der Waals surface area contributed by atoms with Crippen molar-refractivity contribution in [1.29, 1.82) is 0 Å². The summed E-state index contributed by atoms with van der Waals surface area (Å²) in [5.41, 5.74) is 7.08. The second-order valence-corrected chi connectivity index (χ2v) is 13.7. The summed E-state index contributed by atoms with van der Waals surface area (Å²) in [6.07, 6.45) is 6.28. The van der Waals surface area contributed by atoms with Crippen molar-refractivity contribution < 1.29 is 23.8 Å². The van der Waals surface area contributed by atoms with Crippen molar-refractivity contribution in [3.63, 3.8) is 0 Å². The molecule has 1 N–H and O–H groups in total. The third kappa shape index (κ3) is 7.20. The summed E-state index contributed by atoms with van der Waals surface area (Å²) in [4.78, 5) is 31.6. The number of benzene rings is 3. The van der Waals surface area contributed by atoms with Crippen molar-refractivity contribution in [2.24, 2.45) is 0 Å². The Kier molecular flexibility index (Phi) is 11.8. The van der Waals surface area contributed by atoms with Gasteiger partial charge >= 0.3 is 5.97 Å². The van der Waals surface area contributed by atoms with E-state index in [9.17, 15) is 9.59 Å². The van der Waals surface area contributed by atoms with Gasteiger partial charge in [-0.1, -0.05) is 47.6 Å². The first-order chi connectivity index (χ1) is 23.5. The quantitative estimate of drug-likeness (QED) is 0.0517. The molecule has 0 aromatic heterocycles. The van der Waals surface area contributed by atoms with Gasteiger partial charge in [0.2, 0.25) is 0 Å². The second-order valence-electron chi connectivity index (χ2n) is 12.6. The molecule has 3 aliphatic rings. The van der Waals surface area contributed by atoms with Crippen LogP contribution in [0, 0.1) is 0 Å². The van der Waals surface area contributed by atoms with E-state index in [2.05, 4.69) is 81.0 Å². The first kappa shape index (κ1) is 35.0. The van der Waals surface area contributed by atoms with Crippen LogP contribution in [0.3, 0.4) is 0 Å². The van der Waals surface area contributed by atoms with Crippen LogP contribution in [0.2, 0.25) is 0 Å². The maximum Gasteiger partial charge on any atom is 0.340 e. The monoisotopic (exact) mass is 785 g/mol. The minimum atomic E-state index is -1.13. The number of unbranched alkanes of at least 4 members (excludes halogenated alkanes) is 3. The number of fused-ring (bicyclic) bond motifs is 6. The van der Waals surface area contributed by atoms with Crippen LogP contribution >= 0.6 is 34.2 Å². The molecule has 1 atom stereocenters. The highest BCUT2D eigenvalue weighted by atomic mass is 127. The van der Waals surface area contributed by atoms with Gasteiger partial charge in [-0.15, -0.1) is 11.6 Å². The molecule has 1 aliphatic carbocycles. The van der Waals surface area contributed by atoms with Gasteiger partial charge in [0.25, 0.3) is 5.91 Å². The molecule has 256 valence electrons. The summed E-state index contributed by atoms with van der Waals surface area (Å²) in [6, 6.07) is 18.3. The zero-order chi connectivity index (χ0) is 33.5. The highest BCUT2D eigenvalue weighted by molar-refractivity contribution is 14.1. The Morgan fingerprint density at radius 1 is 0.938 bits per heavy atom. The van der Waals surface area contributed by atoms with Crippen molar-refractivity contribution in [2.75, 3.05) is 72.8 Å². The van der Waals surface area contributed by atoms with Gasteiger partial charge in [-0.05, 0) is 86.2 Å². The average Bonchev–Trinajstić information content (AvgIpc) is 3.36. The number of carbonyl (C=O) groups is 2. The van der Waals surface area contributed by atoms with Crippen LogP contribution in [0.15, 0.2) is 54.6 Å².